The number of rotatable bonds is 4. The van der Waals surface area contributed by atoms with Crippen LogP contribution >= 0.6 is 0 Å². The van der Waals surface area contributed by atoms with Gasteiger partial charge in [0.05, 0.1) is 6.42 Å². The van der Waals surface area contributed by atoms with Gasteiger partial charge in [-0.15, -0.1) is 0 Å². The summed E-state index contributed by atoms with van der Waals surface area (Å²) in [5, 5.41) is 0.848. The van der Waals surface area contributed by atoms with E-state index in [1.807, 2.05) is 45.0 Å². The van der Waals surface area contributed by atoms with Crippen LogP contribution in [0.15, 0.2) is 30.5 Å². The summed E-state index contributed by atoms with van der Waals surface area (Å²) in [4.78, 5) is 27.3. The molecule has 4 nitrogen and oxygen atoms in total. The molecule has 1 aromatic carbocycles. The molecule has 1 aromatic heterocycles. The number of Topliss-reactive ketones (excluding diaryl/α,β-unsaturated/α-hetero) is 1. The lowest BCUT2D eigenvalue weighted by molar-refractivity contribution is -0.148. The van der Waals surface area contributed by atoms with E-state index >= 15 is 0 Å². The average molecular weight is 287 g/mol. The van der Waals surface area contributed by atoms with Crippen molar-refractivity contribution in [3.05, 3.63) is 36.0 Å². The summed E-state index contributed by atoms with van der Waals surface area (Å²) >= 11 is 0. The van der Waals surface area contributed by atoms with Crippen LogP contribution in [0, 0.1) is 5.41 Å². The third kappa shape index (κ3) is 3.72. The third-order valence-electron chi connectivity index (χ3n) is 3.21. The maximum absolute atomic E-state index is 12.4. The maximum atomic E-state index is 12.4. The third-order valence-corrected chi connectivity index (χ3v) is 3.21. The lowest BCUT2D eigenvalue weighted by Gasteiger charge is -2.18. The zero-order valence-corrected chi connectivity index (χ0v) is 12.9. The minimum absolute atomic E-state index is 0.152. The van der Waals surface area contributed by atoms with E-state index in [4.69, 9.17) is 4.74 Å². The molecule has 0 aliphatic carbocycles. The first kappa shape index (κ1) is 15.3. The van der Waals surface area contributed by atoms with E-state index in [-0.39, 0.29) is 17.2 Å². The summed E-state index contributed by atoms with van der Waals surface area (Å²) in [5.74, 6) is -0.530. The zero-order valence-electron chi connectivity index (χ0n) is 12.9. The second kappa shape index (κ2) is 5.72. The summed E-state index contributed by atoms with van der Waals surface area (Å²) in [5.41, 5.74) is 1.30. The SMILES string of the molecule is C[C@@H](OC(=O)CC(C)(C)C)C(=O)c1c[nH]c2ccccc12. The molecule has 1 heterocycles. The van der Waals surface area contributed by atoms with Crippen molar-refractivity contribution < 1.29 is 14.3 Å². The first-order valence-electron chi connectivity index (χ1n) is 7.08. The lowest BCUT2D eigenvalue weighted by Crippen LogP contribution is -2.26. The van der Waals surface area contributed by atoms with E-state index in [9.17, 15) is 9.59 Å². The quantitative estimate of drug-likeness (QED) is 0.688. The number of carbonyl (C=O) groups is 2. The Kier molecular flexibility index (Phi) is 4.16. The monoisotopic (exact) mass is 287 g/mol. The topological polar surface area (TPSA) is 59.2 Å². The number of esters is 1. The first-order chi connectivity index (χ1) is 9.78. The van der Waals surface area contributed by atoms with Crippen molar-refractivity contribution in [2.45, 2.75) is 40.2 Å². The van der Waals surface area contributed by atoms with E-state index in [0.29, 0.717) is 12.0 Å². The Morgan fingerprint density at radius 2 is 1.90 bits per heavy atom. The standard InChI is InChI=1S/C17H21NO3/c1-11(21-15(19)9-17(2,3)4)16(20)13-10-18-14-8-6-5-7-12(13)14/h5-8,10-11,18H,9H2,1-4H3/t11-/m1/s1. The normalized spacial score (nSPS) is 13.1. The fourth-order valence-corrected chi connectivity index (χ4v) is 2.22. The van der Waals surface area contributed by atoms with E-state index < -0.39 is 6.10 Å². The Bertz CT molecular complexity index is 664. The maximum Gasteiger partial charge on any atom is 0.307 e. The Labute approximate surface area is 124 Å². The minimum Gasteiger partial charge on any atom is -0.454 e. The molecule has 0 spiro atoms. The smallest absolute Gasteiger partial charge is 0.307 e. The van der Waals surface area contributed by atoms with Crippen molar-refractivity contribution in [3.8, 4) is 0 Å². The number of aromatic nitrogens is 1. The van der Waals surface area contributed by atoms with Gasteiger partial charge in [0, 0.05) is 22.7 Å². The number of fused-ring (bicyclic) bond motifs is 1. The molecule has 0 aliphatic heterocycles. The molecular formula is C17H21NO3. The van der Waals surface area contributed by atoms with E-state index in [2.05, 4.69) is 4.98 Å². The van der Waals surface area contributed by atoms with Crippen LogP contribution in [0.1, 0.15) is 44.5 Å². The number of nitrogens with one attached hydrogen (secondary N) is 1. The molecule has 1 atom stereocenters. The van der Waals surface area contributed by atoms with Crippen LogP contribution < -0.4 is 0 Å². The average Bonchev–Trinajstić information content (AvgIpc) is 2.79. The fourth-order valence-electron chi connectivity index (χ4n) is 2.22. The van der Waals surface area contributed by atoms with Gasteiger partial charge in [-0.3, -0.25) is 9.59 Å². The molecule has 2 rings (SSSR count). The van der Waals surface area contributed by atoms with Gasteiger partial charge >= 0.3 is 5.97 Å². The minimum atomic E-state index is -0.779. The highest BCUT2D eigenvalue weighted by Crippen LogP contribution is 2.22. The zero-order chi connectivity index (χ0) is 15.6. The van der Waals surface area contributed by atoms with Gasteiger partial charge in [-0.1, -0.05) is 39.0 Å². The van der Waals surface area contributed by atoms with Gasteiger partial charge in [0.2, 0.25) is 5.78 Å². The molecule has 2 aromatic rings. The number of H-pyrrole nitrogens is 1. The Morgan fingerprint density at radius 1 is 1.24 bits per heavy atom. The number of benzene rings is 1. The van der Waals surface area contributed by atoms with Crippen molar-refractivity contribution in [2.75, 3.05) is 0 Å². The van der Waals surface area contributed by atoms with Gasteiger partial charge in [0.15, 0.2) is 6.10 Å². The number of hydrogen-bond donors (Lipinski definition) is 1. The number of ether oxygens (including phenoxy) is 1. The molecule has 0 saturated carbocycles. The van der Waals surface area contributed by atoms with Crippen LogP contribution in [0.2, 0.25) is 0 Å². The summed E-state index contributed by atoms with van der Waals surface area (Å²) < 4.78 is 5.26. The van der Waals surface area contributed by atoms with Crippen molar-refractivity contribution in [2.24, 2.45) is 5.41 Å². The molecule has 0 aliphatic rings. The number of para-hydroxylation sites is 1. The van der Waals surface area contributed by atoms with Gasteiger partial charge in [-0.05, 0) is 18.4 Å². The first-order valence-corrected chi connectivity index (χ1v) is 7.08. The van der Waals surface area contributed by atoms with Gasteiger partial charge < -0.3 is 9.72 Å². The molecule has 0 fully saturated rings. The Hall–Kier alpha value is -2.10. The molecule has 112 valence electrons. The molecule has 1 N–H and O–H groups in total. The van der Waals surface area contributed by atoms with Gasteiger partial charge in [-0.2, -0.15) is 0 Å². The summed E-state index contributed by atoms with van der Waals surface area (Å²) in [6.45, 7) is 7.49. The van der Waals surface area contributed by atoms with E-state index in [0.717, 1.165) is 10.9 Å². The highest BCUT2D eigenvalue weighted by molar-refractivity contribution is 6.10. The van der Waals surface area contributed by atoms with Gasteiger partial charge in [0.1, 0.15) is 0 Å². The molecule has 0 amide bonds. The molecule has 21 heavy (non-hydrogen) atoms. The van der Waals surface area contributed by atoms with Crippen molar-refractivity contribution >= 4 is 22.7 Å². The van der Waals surface area contributed by atoms with Crippen LogP contribution in [0.3, 0.4) is 0 Å². The number of aromatic amines is 1. The molecular weight excluding hydrogens is 266 g/mol. The van der Waals surface area contributed by atoms with Crippen LogP contribution in [0.25, 0.3) is 10.9 Å². The van der Waals surface area contributed by atoms with Crippen LogP contribution in [-0.2, 0) is 9.53 Å². The Balaban J connectivity index is 2.11. The van der Waals surface area contributed by atoms with Crippen LogP contribution in [0.5, 0.6) is 0 Å². The van der Waals surface area contributed by atoms with Crippen molar-refractivity contribution in [1.29, 1.82) is 0 Å². The predicted octanol–water partition coefficient (Wildman–Crippen LogP) is 3.72. The molecule has 0 radical (unpaired) electrons. The lowest BCUT2D eigenvalue weighted by atomic mass is 9.92. The largest absolute Gasteiger partial charge is 0.454 e. The van der Waals surface area contributed by atoms with Crippen molar-refractivity contribution in [1.82, 2.24) is 4.98 Å². The molecule has 4 heteroatoms. The second-order valence-electron chi connectivity index (χ2n) is 6.48. The van der Waals surface area contributed by atoms with Gasteiger partial charge in [-0.25, -0.2) is 0 Å². The fraction of sp³-hybridized carbons (Fsp3) is 0.412. The van der Waals surface area contributed by atoms with E-state index in [1.54, 1.807) is 13.1 Å². The molecule has 0 unspecified atom stereocenters. The summed E-state index contributed by atoms with van der Waals surface area (Å²) in [7, 11) is 0. The highest BCUT2D eigenvalue weighted by atomic mass is 16.5. The van der Waals surface area contributed by atoms with Crippen molar-refractivity contribution in [3.63, 3.8) is 0 Å². The summed E-state index contributed by atoms with van der Waals surface area (Å²) in [6, 6.07) is 7.56. The molecule has 0 bridgehead atoms. The number of carbonyl (C=O) groups excluding carboxylic acids is 2. The number of ketones is 1. The Morgan fingerprint density at radius 3 is 2.57 bits per heavy atom. The highest BCUT2D eigenvalue weighted by Gasteiger charge is 2.24. The van der Waals surface area contributed by atoms with E-state index in [1.165, 1.54) is 0 Å². The second-order valence-corrected chi connectivity index (χ2v) is 6.48. The summed E-state index contributed by atoms with van der Waals surface area (Å²) in [6.07, 6.45) is 1.18. The van der Waals surface area contributed by atoms with Crippen LogP contribution in [0.4, 0.5) is 0 Å². The predicted molar refractivity (Wildman–Crippen MR) is 82.3 cm³/mol. The molecule has 0 saturated heterocycles. The number of hydrogen-bond acceptors (Lipinski definition) is 3. The van der Waals surface area contributed by atoms with Gasteiger partial charge in [0.25, 0.3) is 0 Å². The van der Waals surface area contributed by atoms with Crippen LogP contribution in [-0.4, -0.2) is 22.8 Å².